The molecule has 0 aliphatic carbocycles. The van der Waals surface area contributed by atoms with E-state index in [0.29, 0.717) is 30.0 Å². The van der Waals surface area contributed by atoms with Crippen LogP contribution in [0.15, 0.2) is 48.0 Å². The SMILES string of the molecule is COc1cccc(C2/C(=C(\O)c3ccc4c(c3)CC(C)O4)C(=O)C(=O)N2CCN(C)C)c1. The van der Waals surface area contributed by atoms with Gasteiger partial charge in [-0.1, -0.05) is 12.1 Å². The average molecular weight is 437 g/mol. The van der Waals surface area contributed by atoms with Crippen molar-refractivity contribution in [2.75, 3.05) is 34.3 Å². The van der Waals surface area contributed by atoms with Crippen molar-refractivity contribution in [3.63, 3.8) is 0 Å². The fourth-order valence-corrected chi connectivity index (χ4v) is 4.30. The molecule has 7 heteroatoms. The monoisotopic (exact) mass is 436 g/mol. The van der Waals surface area contributed by atoms with Gasteiger partial charge in [0.25, 0.3) is 11.7 Å². The number of likely N-dealkylation sites (N-methyl/N-ethyl adjacent to an activating group) is 1. The Morgan fingerprint density at radius 3 is 2.72 bits per heavy atom. The summed E-state index contributed by atoms with van der Waals surface area (Å²) in [6.45, 7) is 2.92. The molecular weight excluding hydrogens is 408 g/mol. The number of likely N-dealkylation sites (tertiary alicyclic amines) is 1. The quantitative estimate of drug-likeness (QED) is 0.426. The second kappa shape index (κ2) is 8.67. The van der Waals surface area contributed by atoms with E-state index in [-0.39, 0.29) is 17.4 Å². The highest BCUT2D eigenvalue weighted by atomic mass is 16.5. The molecule has 2 aliphatic heterocycles. The van der Waals surface area contributed by atoms with E-state index in [1.54, 1.807) is 31.4 Å². The summed E-state index contributed by atoms with van der Waals surface area (Å²) in [6, 6.07) is 11.9. The van der Waals surface area contributed by atoms with Gasteiger partial charge in [0.05, 0.1) is 18.7 Å². The largest absolute Gasteiger partial charge is 0.507 e. The predicted molar refractivity (Wildman–Crippen MR) is 121 cm³/mol. The maximum absolute atomic E-state index is 13.1. The van der Waals surface area contributed by atoms with Crippen LogP contribution in [0, 0.1) is 0 Å². The number of Topliss-reactive ketones (excluding diaryl/α,β-unsaturated/α-hetero) is 1. The number of amides is 1. The van der Waals surface area contributed by atoms with Gasteiger partial charge in [-0.2, -0.15) is 0 Å². The smallest absolute Gasteiger partial charge is 0.295 e. The Morgan fingerprint density at radius 2 is 2.00 bits per heavy atom. The summed E-state index contributed by atoms with van der Waals surface area (Å²) in [5.41, 5.74) is 2.28. The Hall–Kier alpha value is -3.32. The molecule has 168 valence electrons. The van der Waals surface area contributed by atoms with Crippen LogP contribution in [0.5, 0.6) is 11.5 Å². The number of carbonyl (C=O) groups excluding carboxylic acids is 2. The third kappa shape index (κ3) is 3.96. The minimum atomic E-state index is -0.700. The van der Waals surface area contributed by atoms with Gasteiger partial charge in [-0.25, -0.2) is 0 Å². The molecule has 2 aliphatic rings. The second-order valence-electron chi connectivity index (χ2n) is 8.53. The van der Waals surface area contributed by atoms with Gasteiger partial charge in [0.1, 0.15) is 23.4 Å². The van der Waals surface area contributed by atoms with E-state index >= 15 is 0 Å². The highest BCUT2D eigenvalue weighted by Gasteiger charge is 2.46. The molecule has 1 saturated heterocycles. The van der Waals surface area contributed by atoms with Gasteiger partial charge in [0.15, 0.2) is 0 Å². The lowest BCUT2D eigenvalue weighted by Gasteiger charge is -2.26. The van der Waals surface area contributed by atoms with Crippen LogP contribution in [-0.4, -0.2) is 67.0 Å². The lowest BCUT2D eigenvalue weighted by molar-refractivity contribution is -0.140. The maximum Gasteiger partial charge on any atom is 0.295 e. The minimum Gasteiger partial charge on any atom is -0.507 e. The van der Waals surface area contributed by atoms with E-state index in [2.05, 4.69) is 0 Å². The van der Waals surface area contributed by atoms with Crippen LogP contribution >= 0.6 is 0 Å². The van der Waals surface area contributed by atoms with E-state index in [1.165, 1.54) is 4.90 Å². The first kappa shape index (κ1) is 21.9. The third-order valence-electron chi connectivity index (χ3n) is 5.91. The van der Waals surface area contributed by atoms with Gasteiger partial charge in [0, 0.05) is 25.1 Å². The second-order valence-corrected chi connectivity index (χ2v) is 8.53. The average Bonchev–Trinajstić information content (AvgIpc) is 3.27. The van der Waals surface area contributed by atoms with Crippen LogP contribution in [0.2, 0.25) is 0 Å². The summed E-state index contributed by atoms with van der Waals surface area (Å²) in [5, 5.41) is 11.3. The van der Waals surface area contributed by atoms with Gasteiger partial charge >= 0.3 is 0 Å². The predicted octanol–water partition coefficient (Wildman–Crippen LogP) is 3.00. The summed E-state index contributed by atoms with van der Waals surface area (Å²) in [7, 11) is 5.38. The minimum absolute atomic E-state index is 0.0655. The topological polar surface area (TPSA) is 79.3 Å². The molecule has 1 amide bonds. The zero-order chi connectivity index (χ0) is 23.0. The van der Waals surface area contributed by atoms with Crippen molar-refractivity contribution in [2.45, 2.75) is 25.5 Å². The maximum atomic E-state index is 13.1. The highest BCUT2D eigenvalue weighted by Crippen LogP contribution is 2.41. The van der Waals surface area contributed by atoms with Crippen LogP contribution in [0.4, 0.5) is 0 Å². The molecule has 0 spiro atoms. The van der Waals surface area contributed by atoms with Gasteiger partial charge in [-0.05, 0) is 62.5 Å². The van der Waals surface area contributed by atoms with E-state index < -0.39 is 17.7 Å². The summed E-state index contributed by atoms with van der Waals surface area (Å²) in [6.07, 6.45) is 0.795. The molecule has 2 aromatic rings. The number of rotatable bonds is 6. The molecule has 7 nitrogen and oxygen atoms in total. The van der Waals surface area contributed by atoms with Crippen molar-refractivity contribution in [3.05, 3.63) is 64.7 Å². The van der Waals surface area contributed by atoms with Crippen molar-refractivity contribution in [2.24, 2.45) is 0 Å². The van der Waals surface area contributed by atoms with Crippen molar-refractivity contribution in [3.8, 4) is 11.5 Å². The van der Waals surface area contributed by atoms with Crippen molar-refractivity contribution >= 4 is 17.4 Å². The molecule has 0 aromatic heterocycles. The molecule has 2 aromatic carbocycles. The number of fused-ring (bicyclic) bond motifs is 1. The van der Waals surface area contributed by atoms with E-state index in [4.69, 9.17) is 9.47 Å². The van der Waals surface area contributed by atoms with E-state index in [0.717, 1.165) is 17.7 Å². The highest BCUT2D eigenvalue weighted by molar-refractivity contribution is 6.46. The molecule has 0 saturated carbocycles. The third-order valence-corrected chi connectivity index (χ3v) is 5.91. The number of hydrogen-bond acceptors (Lipinski definition) is 6. The van der Waals surface area contributed by atoms with Crippen LogP contribution in [0.1, 0.15) is 29.7 Å². The fraction of sp³-hybridized carbons (Fsp3) is 0.360. The summed E-state index contributed by atoms with van der Waals surface area (Å²) < 4.78 is 11.1. The molecule has 2 atom stereocenters. The molecule has 32 heavy (non-hydrogen) atoms. The molecule has 1 N–H and O–H groups in total. The summed E-state index contributed by atoms with van der Waals surface area (Å²) in [5.74, 6) is -0.0707. The fourth-order valence-electron chi connectivity index (χ4n) is 4.30. The molecule has 1 fully saturated rings. The number of ketones is 1. The van der Waals surface area contributed by atoms with Crippen LogP contribution in [0.25, 0.3) is 5.76 Å². The number of aliphatic hydroxyl groups excluding tert-OH is 1. The standard InChI is InChI=1S/C25H28N2O5/c1-15-12-18-13-17(8-9-20(18)32-15)23(28)21-22(16-6-5-7-19(14-16)31-4)27(11-10-26(2)3)25(30)24(21)29/h5-9,13-15,22,28H,10-12H2,1-4H3/b23-21+. The molecule has 0 bridgehead atoms. The van der Waals surface area contributed by atoms with Gasteiger partial charge in [-0.3, -0.25) is 9.59 Å². The lowest BCUT2D eigenvalue weighted by Crippen LogP contribution is -2.35. The number of carbonyl (C=O) groups is 2. The molecule has 4 rings (SSSR count). The van der Waals surface area contributed by atoms with Crippen molar-refractivity contribution < 1.29 is 24.2 Å². The zero-order valence-electron chi connectivity index (χ0n) is 18.8. The molecule has 0 radical (unpaired) electrons. The normalized spacial score (nSPS) is 21.7. The zero-order valence-corrected chi connectivity index (χ0v) is 18.8. The molecule has 2 heterocycles. The number of methoxy groups -OCH3 is 1. The number of aliphatic hydroxyl groups is 1. The Bertz CT molecular complexity index is 1090. The van der Waals surface area contributed by atoms with Crippen LogP contribution in [0.3, 0.4) is 0 Å². The van der Waals surface area contributed by atoms with E-state index in [1.807, 2.05) is 44.1 Å². The molecule has 2 unspecified atom stereocenters. The van der Waals surface area contributed by atoms with Crippen LogP contribution in [-0.2, 0) is 16.0 Å². The first-order valence-corrected chi connectivity index (χ1v) is 10.7. The Labute approximate surface area is 187 Å². The van der Waals surface area contributed by atoms with Gasteiger partial charge < -0.3 is 24.4 Å². The Morgan fingerprint density at radius 1 is 1.22 bits per heavy atom. The van der Waals surface area contributed by atoms with Crippen molar-refractivity contribution in [1.29, 1.82) is 0 Å². The summed E-state index contributed by atoms with van der Waals surface area (Å²) >= 11 is 0. The van der Waals surface area contributed by atoms with Crippen molar-refractivity contribution in [1.82, 2.24) is 9.80 Å². The number of ether oxygens (including phenoxy) is 2. The van der Waals surface area contributed by atoms with Crippen LogP contribution < -0.4 is 9.47 Å². The number of benzene rings is 2. The van der Waals surface area contributed by atoms with Gasteiger partial charge in [-0.15, -0.1) is 0 Å². The lowest BCUT2D eigenvalue weighted by atomic mass is 9.94. The molecular formula is C25H28N2O5. The number of hydrogen-bond donors (Lipinski definition) is 1. The first-order chi connectivity index (χ1) is 15.3. The Balaban J connectivity index is 1.83. The Kier molecular flexibility index (Phi) is 5.93. The summed E-state index contributed by atoms with van der Waals surface area (Å²) in [4.78, 5) is 29.6. The van der Waals surface area contributed by atoms with Gasteiger partial charge in [0.2, 0.25) is 0 Å². The van der Waals surface area contributed by atoms with E-state index in [9.17, 15) is 14.7 Å². The number of nitrogens with zero attached hydrogens (tertiary/aromatic N) is 2. The first-order valence-electron chi connectivity index (χ1n) is 10.7.